The third-order valence-corrected chi connectivity index (χ3v) is 4.59. The van der Waals surface area contributed by atoms with E-state index in [2.05, 4.69) is 21.5 Å². The van der Waals surface area contributed by atoms with Gasteiger partial charge in [-0.25, -0.2) is 14.5 Å². The van der Waals surface area contributed by atoms with Gasteiger partial charge in [0, 0.05) is 31.1 Å². The summed E-state index contributed by atoms with van der Waals surface area (Å²) in [5, 5.41) is 7.15. The van der Waals surface area contributed by atoms with Gasteiger partial charge in [0.2, 0.25) is 0 Å². The average Bonchev–Trinajstić information content (AvgIpc) is 3.07. The van der Waals surface area contributed by atoms with Crippen LogP contribution >= 0.6 is 11.8 Å². The van der Waals surface area contributed by atoms with Gasteiger partial charge in [0.05, 0.1) is 6.54 Å². The molecule has 2 amide bonds. The summed E-state index contributed by atoms with van der Waals surface area (Å²) < 4.78 is 1.78. The lowest BCUT2D eigenvalue weighted by Gasteiger charge is -2.26. The van der Waals surface area contributed by atoms with Crippen LogP contribution in [0.15, 0.2) is 36.9 Å². The van der Waals surface area contributed by atoms with Crippen LogP contribution in [0.4, 0.5) is 4.79 Å². The molecule has 0 spiro atoms. The van der Waals surface area contributed by atoms with Crippen molar-refractivity contribution < 1.29 is 4.79 Å². The Bertz CT molecular complexity index is 610. The lowest BCUT2D eigenvalue weighted by molar-refractivity contribution is 0.202. The fourth-order valence-corrected chi connectivity index (χ4v) is 3.33. The average molecular weight is 317 g/mol. The molecule has 116 valence electrons. The van der Waals surface area contributed by atoms with Crippen LogP contribution in [-0.4, -0.2) is 50.3 Å². The van der Waals surface area contributed by atoms with Crippen molar-refractivity contribution in [3.8, 4) is 0 Å². The molecule has 1 aliphatic heterocycles. The fourth-order valence-electron chi connectivity index (χ4n) is 2.42. The van der Waals surface area contributed by atoms with E-state index in [0.717, 1.165) is 35.7 Å². The van der Waals surface area contributed by atoms with Crippen molar-refractivity contribution in [3.63, 3.8) is 0 Å². The number of carbonyl (C=O) groups excluding carboxylic acids is 1. The predicted molar refractivity (Wildman–Crippen MR) is 86.7 cm³/mol. The van der Waals surface area contributed by atoms with Crippen LogP contribution in [0.1, 0.15) is 11.1 Å². The first-order chi connectivity index (χ1) is 10.8. The number of urea groups is 1. The van der Waals surface area contributed by atoms with E-state index in [1.165, 1.54) is 6.33 Å². The number of rotatable bonds is 4. The number of carbonyl (C=O) groups is 1. The number of aromatic nitrogens is 3. The molecule has 2 aromatic rings. The smallest absolute Gasteiger partial charge is 0.317 e. The van der Waals surface area contributed by atoms with Gasteiger partial charge in [-0.2, -0.15) is 16.9 Å². The molecule has 1 aromatic carbocycles. The van der Waals surface area contributed by atoms with Gasteiger partial charge in [-0.3, -0.25) is 0 Å². The van der Waals surface area contributed by atoms with Gasteiger partial charge < -0.3 is 10.2 Å². The highest BCUT2D eigenvalue weighted by atomic mass is 32.2. The summed E-state index contributed by atoms with van der Waals surface area (Å²) in [5.74, 6) is 2.05. The molecule has 2 heterocycles. The Balaban J connectivity index is 1.61. The summed E-state index contributed by atoms with van der Waals surface area (Å²) in [6, 6.07) is 8.11. The van der Waals surface area contributed by atoms with Crippen molar-refractivity contribution in [3.05, 3.63) is 48.0 Å². The minimum atomic E-state index is 0.0239. The molecule has 3 rings (SSSR count). The Morgan fingerprint density at radius 3 is 2.73 bits per heavy atom. The lowest BCUT2D eigenvalue weighted by Crippen LogP contribution is -2.44. The highest BCUT2D eigenvalue weighted by Gasteiger charge is 2.16. The Morgan fingerprint density at radius 1 is 1.23 bits per heavy atom. The molecule has 7 heteroatoms. The topological polar surface area (TPSA) is 63.1 Å². The van der Waals surface area contributed by atoms with E-state index in [9.17, 15) is 4.79 Å². The summed E-state index contributed by atoms with van der Waals surface area (Å²) in [4.78, 5) is 18.0. The quantitative estimate of drug-likeness (QED) is 0.930. The minimum absolute atomic E-state index is 0.0239. The zero-order chi connectivity index (χ0) is 15.2. The maximum Gasteiger partial charge on any atom is 0.317 e. The first kappa shape index (κ1) is 14.9. The maximum atomic E-state index is 12.2. The van der Waals surface area contributed by atoms with Crippen LogP contribution in [0, 0.1) is 0 Å². The van der Waals surface area contributed by atoms with Crippen molar-refractivity contribution in [2.75, 3.05) is 24.6 Å². The molecule has 0 saturated carbocycles. The van der Waals surface area contributed by atoms with Crippen molar-refractivity contribution in [2.24, 2.45) is 0 Å². The van der Waals surface area contributed by atoms with Gasteiger partial charge in [0.15, 0.2) is 0 Å². The third-order valence-electron chi connectivity index (χ3n) is 3.65. The van der Waals surface area contributed by atoms with Crippen LogP contribution in [0.3, 0.4) is 0 Å². The highest BCUT2D eigenvalue weighted by molar-refractivity contribution is 7.99. The molecule has 0 aliphatic carbocycles. The molecule has 1 N–H and O–H groups in total. The second-order valence-electron chi connectivity index (χ2n) is 5.12. The normalized spacial score (nSPS) is 14.8. The molecule has 0 atom stereocenters. The number of thioether (sulfide) groups is 1. The zero-order valence-corrected chi connectivity index (χ0v) is 13.1. The molecule has 0 unspecified atom stereocenters. The number of hydrogen-bond donors (Lipinski definition) is 1. The summed E-state index contributed by atoms with van der Waals surface area (Å²) in [6.07, 6.45) is 3.22. The standard InChI is InChI=1S/C15H19N5OS/c21-15(19-5-7-22-8-6-19)17-9-13-3-1-2-4-14(13)10-20-12-16-11-18-20/h1-4,11-12H,5-10H2,(H,17,21). The van der Waals surface area contributed by atoms with Gasteiger partial charge >= 0.3 is 6.03 Å². The Labute approximate surface area is 133 Å². The van der Waals surface area contributed by atoms with Crippen LogP contribution in [0.2, 0.25) is 0 Å². The van der Waals surface area contributed by atoms with E-state index in [1.54, 1.807) is 11.0 Å². The van der Waals surface area contributed by atoms with Crippen molar-refractivity contribution in [1.82, 2.24) is 25.0 Å². The summed E-state index contributed by atoms with van der Waals surface area (Å²) in [6.45, 7) is 2.86. The lowest BCUT2D eigenvalue weighted by atomic mass is 10.1. The van der Waals surface area contributed by atoms with Crippen molar-refractivity contribution >= 4 is 17.8 Å². The van der Waals surface area contributed by atoms with Crippen molar-refractivity contribution in [2.45, 2.75) is 13.1 Å². The number of hydrogen-bond acceptors (Lipinski definition) is 4. The number of nitrogens with zero attached hydrogens (tertiary/aromatic N) is 4. The third kappa shape index (κ3) is 3.79. The van der Waals surface area contributed by atoms with Crippen LogP contribution in [-0.2, 0) is 13.1 Å². The SMILES string of the molecule is O=C(NCc1ccccc1Cn1cncn1)N1CCSCC1. The molecule has 1 aliphatic rings. The maximum absolute atomic E-state index is 12.2. The van der Waals surface area contributed by atoms with E-state index >= 15 is 0 Å². The highest BCUT2D eigenvalue weighted by Crippen LogP contribution is 2.12. The number of benzene rings is 1. The molecule has 0 radical (unpaired) electrons. The summed E-state index contributed by atoms with van der Waals surface area (Å²) in [7, 11) is 0. The van der Waals surface area contributed by atoms with Gasteiger partial charge in [0.25, 0.3) is 0 Å². The second kappa shape index (κ2) is 7.31. The molecule has 1 saturated heterocycles. The van der Waals surface area contributed by atoms with Crippen LogP contribution < -0.4 is 5.32 Å². The van der Waals surface area contributed by atoms with Crippen LogP contribution in [0.5, 0.6) is 0 Å². The Kier molecular flexibility index (Phi) is 4.95. The van der Waals surface area contributed by atoms with E-state index in [4.69, 9.17) is 0 Å². The molecule has 22 heavy (non-hydrogen) atoms. The second-order valence-corrected chi connectivity index (χ2v) is 6.34. The number of nitrogens with one attached hydrogen (secondary N) is 1. The molecular weight excluding hydrogens is 298 g/mol. The fraction of sp³-hybridized carbons (Fsp3) is 0.400. The molecule has 6 nitrogen and oxygen atoms in total. The first-order valence-corrected chi connectivity index (χ1v) is 8.48. The van der Waals surface area contributed by atoms with Gasteiger partial charge in [0.1, 0.15) is 12.7 Å². The van der Waals surface area contributed by atoms with Crippen molar-refractivity contribution in [1.29, 1.82) is 0 Å². The molecular formula is C15H19N5OS. The monoisotopic (exact) mass is 317 g/mol. The first-order valence-electron chi connectivity index (χ1n) is 7.32. The van der Waals surface area contributed by atoms with E-state index in [1.807, 2.05) is 34.9 Å². The number of amides is 2. The van der Waals surface area contributed by atoms with Gasteiger partial charge in [-0.1, -0.05) is 24.3 Å². The molecule has 1 aromatic heterocycles. The van der Waals surface area contributed by atoms with E-state index < -0.39 is 0 Å². The van der Waals surface area contributed by atoms with Gasteiger partial charge in [-0.05, 0) is 11.1 Å². The molecule has 0 bridgehead atoms. The minimum Gasteiger partial charge on any atom is -0.334 e. The van der Waals surface area contributed by atoms with Crippen LogP contribution in [0.25, 0.3) is 0 Å². The predicted octanol–water partition coefficient (Wildman–Crippen LogP) is 1.58. The zero-order valence-electron chi connectivity index (χ0n) is 12.3. The summed E-state index contributed by atoms with van der Waals surface area (Å²) >= 11 is 1.90. The largest absolute Gasteiger partial charge is 0.334 e. The van der Waals surface area contributed by atoms with E-state index in [-0.39, 0.29) is 6.03 Å². The molecule has 1 fully saturated rings. The van der Waals surface area contributed by atoms with Gasteiger partial charge in [-0.15, -0.1) is 0 Å². The Hall–Kier alpha value is -2.02. The Morgan fingerprint density at radius 2 is 2.00 bits per heavy atom. The van der Waals surface area contributed by atoms with E-state index in [0.29, 0.717) is 13.1 Å². The summed E-state index contributed by atoms with van der Waals surface area (Å²) in [5.41, 5.74) is 2.25.